The van der Waals surface area contributed by atoms with Crippen molar-refractivity contribution in [3.63, 3.8) is 0 Å². The molecule has 6 amide bonds. The van der Waals surface area contributed by atoms with Crippen LogP contribution in [0.3, 0.4) is 0 Å². The lowest BCUT2D eigenvalue weighted by atomic mass is 9.95. The van der Waals surface area contributed by atoms with Crippen molar-refractivity contribution in [1.29, 1.82) is 0 Å². The number of hydrogen-bond donors (Lipinski definition) is 6. The number of amides is 6. The number of hydrogen-bond acceptors (Lipinski definition) is 12. The number of nitrogens with two attached hydrogens (primary N) is 1. The van der Waals surface area contributed by atoms with Gasteiger partial charge in [0, 0.05) is 0 Å². The Morgan fingerprint density at radius 3 is 1.77 bits per heavy atom. The monoisotopic (exact) mass is 876 g/mol. The molecule has 0 fully saturated rings. The second-order valence-electron chi connectivity index (χ2n) is 16.5. The number of imide groups is 1. The average Bonchev–Trinajstić information content (AvgIpc) is 3.20. The molecular weight excluding hydrogens is 814 g/mol. The number of alkyl halides is 2. The number of aliphatic hydroxyl groups is 1. The number of nitrogens with one attached hydrogen (secondary N) is 4. The van der Waals surface area contributed by atoms with E-state index in [1.165, 1.54) is 53.7 Å². The molecule has 19 heteroatoms. The minimum atomic E-state index is -4.67. The van der Waals surface area contributed by atoms with Crippen molar-refractivity contribution in [3.8, 4) is 0 Å². The van der Waals surface area contributed by atoms with Gasteiger partial charge in [-0.15, -0.1) is 0 Å². The summed E-state index contributed by atoms with van der Waals surface area (Å²) in [5, 5.41) is 20.3. The fourth-order valence-electron chi connectivity index (χ4n) is 5.85. The third-order valence-corrected chi connectivity index (χ3v) is 9.41. The van der Waals surface area contributed by atoms with Gasteiger partial charge in [0.1, 0.15) is 41.9 Å². The molecule has 0 bridgehead atoms. The molecule has 2 unspecified atom stereocenters. The SMILES string of the molecule is COC(=O)C(NC(=O)C(NC(=O)C(F)(F)[C@H](O)[C@H](Cc1ccccc1)NC(=O)[C@H](C)N(C(=O)OC(C)(C)C)C(=O)[C@H](C)NC(=O)[C@@H](N)COCc1ccccc1)C(C)C)C(C)C. The highest BCUT2D eigenvalue weighted by molar-refractivity contribution is 6.01. The van der Waals surface area contributed by atoms with Crippen LogP contribution in [0.15, 0.2) is 60.7 Å². The van der Waals surface area contributed by atoms with Crippen molar-refractivity contribution < 1.29 is 61.7 Å². The Morgan fingerprint density at radius 1 is 0.742 bits per heavy atom. The van der Waals surface area contributed by atoms with Gasteiger partial charge in [-0.1, -0.05) is 88.4 Å². The van der Waals surface area contributed by atoms with Crippen LogP contribution in [-0.4, -0.2) is 119 Å². The zero-order chi connectivity index (χ0) is 47.1. The maximum absolute atomic E-state index is 16.1. The second-order valence-corrected chi connectivity index (χ2v) is 16.5. The van der Waals surface area contributed by atoms with Crippen LogP contribution in [0.1, 0.15) is 73.4 Å². The van der Waals surface area contributed by atoms with E-state index in [4.69, 9.17) is 19.9 Å². The van der Waals surface area contributed by atoms with Crippen molar-refractivity contribution in [3.05, 3.63) is 71.8 Å². The molecule has 7 N–H and O–H groups in total. The highest BCUT2D eigenvalue weighted by Crippen LogP contribution is 2.25. The number of aliphatic hydroxyl groups excluding tert-OH is 1. The number of methoxy groups -OCH3 is 1. The minimum absolute atomic E-state index is 0.152. The van der Waals surface area contributed by atoms with E-state index in [0.717, 1.165) is 19.6 Å². The van der Waals surface area contributed by atoms with Crippen LogP contribution in [0.2, 0.25) is 0 Å². The van der Waals surface area contributed by atoms with Crippen LogP contribution in [0.25, 0.3) is 0 Å². The van der Waals surface area contributed by atoms with Crippen molar-refractivity contribution in [1.82, 2.24) is 26.2 Å². The summed E-state index contributed by atoms with van der Waals surface area (Å²) in [4.78, 5) is 93.6. The Bertz CT molecular complexity index is 1830. The first-order chi connectivity index (χ1) is 28.8. The number of nitrogens with zero attached hydrogens (tertiary/aromatic N) is 1. The van der Waals surface area contributed by atoms with Gasteiger partial charge in [-0.3, -0.25) is 24.0 Å². The standard InChI is InChI=1S/C43H62F2N6O11/c1-24(2)32(37(55)49-33(25(3)4)39(57)60-10)50-40(58)43(44,45)34(52)31(21-28-17-13-11-14-18-28)48-35(53)27(6)51(41(59)62-42(7,8)9)38(56)26(5)47-36(54)30(46)23-61-22-29-19-15-12-16-20-29/h11-20,24-27,30-34,52H,21-23,46H2,1-10H3,(H,47,54)(H,48,53)(H,49,55)(H,50,58)/t26-,27-,30-,31-,32?,33?,34+/m0/s1. The van der Waals surface area contributed by atoms with Crippen LogP contribution in [-0.2, 0) is 56.0 Å². The topological polar surface area (TPSA) is 245 Å². The van der Waals surface area contributed by atoms with E-state index in [1.807, 2.05) is 35.6 Å². The third kappa shape index (κ3) is 15.7. The summed E-state index contributed by atoms with van der Waals surface area (Å²) < 4.78 is 47.9. The molecule has 0 spiro atoms. The van der Waals surface area contributed by atoms with Crippen molar-refractivity contribution in [2.45, 2.75) is 129 Å². The molecule has 17 nitrogen and oxygen atoms in total. The molecule has 2 aromatic rings. The number of ether oxygens (including phenoxy) is 3. The van der Waals surface area contributed by atoms with E-state index in [2.05, 4.69) is 16.0 Å². The Morgan fingerprint density at radius 2 is 1.27 bits per heavy atom. The number of halogens is 2. The minimum Gasteiger partial charge on any atom is -0.467 e. The van der Waals surface area contributed by atoms with Crippen molar-refractivity contribution >= 4 is 41.6 Å². The highest BCUT2D eigenvalue weighted by Gasteiger charge is 2.52. The van der Waals surface area contributed by atoms with E-state index in [0.29, 0.717) is 10.5 Å². The third-order valence-electron chi connectivity index (χ3n) is 9.41. The molecule has 2 rings (SSSR count). The summed E-state index contributed by atoms with van der Waals surface area (Å²) in [7, 11) is 1.11. The van der Waals surface area contributed by atoms with Crippen molar-refractivity contribution in [2.24, 2.45) is 17.6 Å². The zero-order valence-electron chi connectivity index (χ0n) is 36.9. The van der Waals surface area contributed by atoms with Gasteiger partial charge in [0.25, 0.3) is 11.8 Å². The van der Waals surface area contributed by atoms with E-state index in [-0.39, 0.29) is 13.2 Å². The fraction of sp³-hybridized carbons (Fsp3) is 0.558. The molecule has 344 valence electrons. The largest absolute Gasteiger partial charge is 0.467 e. The Hall–Kier alpha value is -5.53. The number of carbonyl (C=O) groups is 7. The van der Waals surface area contributed by atoms with Gasteiger partial charge >= 0.3 is 18.0 Å². The van der Waals surface area contributed by atoms with E-state index in [9.17, 15) is 38.7 Å². The summed E-state index contributed by atoms with van der Waals surface area (Å²) in [6, 6.07) is 7.58. The number of carbonyl (C=O) groups excluding carboxylic acids is 7. The van der Waals surface area contributed by atoms with Gasteiger partial charge in [-0.25, -0.2) is 14.5 Å². The molecule has 0 saturated heterocycles. The number of esters is 1. The molecule has 0 aliphatic heterocycles. The highest BCUT2D eigenvalue weighted by atomic mass is 19.3. The molecule has 2 aromatic carbocycles. The van der Waals surface area contributed by atoms with Gasteiger partial charge in [-0.2, -0.15) is 8.78 Å². The van der Waals surface area contributed by atoms with Crippen molar-refractivity contribution in [2.75, 3.05) is 13.7 Å². The quantitative estimate of drug-likeness (QED) is 0.0991. The van der Waals surface area contributed by atoms with Crippen LogP contribution >= 0.6 is 0 Å². The average molecular weight is 877 g/mol. The lowest BCUT2D eigenvalue weighted by Gasteiger charge is -2.34. The molecule has 0 aromatic heterocycles. The summed E-state index contributed by atoms with van der Waals surface area (Å²) in [5.74, 6) is -13.0. The van der Waals surface area contributed by atoms with Gasteiger partial charge < -0.3 is 46.3 Å². The molecule has 0 heterocycles. The first-order valence-electron chi connectivity index (χ1n) is 20.1. The Labute approximate surface area is 361 Å². The lowest BCUT2D eigenvalue weighted by molar-refractivity contribution is -0.169. The van der Waals surface area contributed by atoms with E-state index >= 15 is 8.78 Å². The molecule has 0 saturated carbocycles. The molecule has 0 aliphatic rings. The summed E-state index contributed by atoms with van der Waals surface area (Å²) >= 11 is 0. The van der Waals surface area contributed by atoms with E-state index < -0.39 is 114 Å². The smallest absolute Gasteiger partial charge is 0.417 e. The first-order valence-corrected chi connectivity index (χ1v) is 20.1. The van der Waals surface area contributed by atoms with Gasteiger partial charge in [0.15, 0.2) is 0 Å². The normalized spacial score (nSPS) is 15.2. The number of rotatable bonds is 21. The van der Waals surface area contributed by atoms with E-state index in [1.54, 1.807) is 32.0 Å². The number of benzene rings is 2. The molecule has 0 aliphatic carbocycles. The van der Waals surface area contributed by atoms with Gasteiger partial charge in [-0.05, 0) is 64.0 Å². The predicted octanol–water partition coefficient (Wildman–Crippen LogP) is 2.37. The van der Waals surface area contributed by atoms with Gasteiger partial charge in [0.2, 0.25) is 17.7 Å². The van der Waals surface area contributed by atoms with Crippen LogP contribution < -0.4 is 27.0 Å². The molecular formula is C43H62F2N6O11. The molecule has 7 atom stereocenters. The summed E-state index contributed by atoms with van der Waals surface area (Å²) in [6.45, 7) is 12.9. The van der Waals surface area contributed by atoms with Gasteiger partial charge in [0.05, 0.1) is 26.4 Å². The van der Waals surface area contributed by atoms with Crippen LogP contribution in [0.5, 0.6) is 0 Å². The maximum Gasteiger partial charge on any atom is 0.417 e. The molecule has 62 heavy (non-hydrogen) atoms. The Kier molecular flexibility index (Phi) is 20.0. The fourth-order valence-corrected chi connectivity index (χ4v) is 5.85. The Balaban J connectivity index is 2.39. The lowest BCUT2D eigenvalue weighted by Crippen LogP contribution is -2.64. The van der Waals surface area contributed by atoms with Crippen LogP contribution in [0.4, 0.5) is 13.6 Å². The summed E-state index contributed by atoms with van der Waals surface area (Å²) in [5.41, 5.74) is 5.96. The van der Waals surface area contributed by atoms with Crippen LogP contribution in [0, 0.1) is 11.8 Å². The second kappa shape index (κ2) is 23.6. The predicted molar refractivity (Wildman–Crippen MR) is 223 cm³/mol. The maximum atomic E-state index is 16.1. The first kappa shape index (κ1) is 52.6. The molecule has 0 radical (unpaired) electrons. The zero-order valence-corrected chi connectivity index (χ0v) is 36.9. The summed E-state index contributed by atoms with van der Waals surface area (Å²) in [6.07, 6.45) is -4.76.